The number of ether oxygens (including phenoxy) is 1. The quantitative estimate of drug-likeness (QED) is 0.483. The monoisotopic (exact) mass is 353 g/mol. The van der Waals surface area contributed by atoms with E-state index in [-0.39, 0.29) is 30.0 Å². The first-order chi connectivity index (χ1) is 12.5. The molecule has 2 aromatic rings. The molecule has 0 unspecified atom stereocenters. The molecule has 2 rings (SSSR count). The van der Waals surface area contributed by atoms with Gasteiger partial charge in [-0.05, 0) is 11.6 Å². The van der Waals surface area contributed by atoms with Crippen LogP contribution in [0.4, 0.5) is 10.5 Å². The van der Waals surface area contributed by atoms with Crippen molar-refractivity contribution in [3.05, 3.63) is 75.3 Å². The van der Waals surface area contributed by atoms with Crippen LogP contribution in [0.15, 0.2) is 48.5 Å². The number of alkyl carbamates (subject to hydrolysis) is 1. The zero-order chi connectivity index (χ0) is 18.9. The summed E-state index contributed by atoms with van der Waals surface area (Å²) in [5.74, 6) is 4.47. The predicted molar refractivity (Wildman–Crippen MR) is 93.1 cm³/mol. The van der Waals surface area contributed by atoms with Gasteiger partial charge < -0.3 is 15.8 Å². The summed E-state index contributed by atoms with van der Waals surface area (Å²) in [5.41, 5.74) is 5.93. The van der Waals surface area contributed by atoms with E-state index in [1.165, 1.54) is 12.1 Å². The zero-order valence-electron chi connectivity index (χ0n) is 13.6. The van der Waals surface area contributed by atoms with Gasteiger partial charge in [-0.2, -0.15) is 0 Å². The summed E-state index contributed by atoms with van der Waals surface area (Å²) in [6.45, 7) is 0.106. The maximum absolute atomic E-state index is 11.6. The average molecular weight is 353 g/mol. The highest BCUT2D eigenvalue weighted by molar-refractivity contribution is 5.93. The number of nitrogens with zero attached hydrogens (tertiary/aromatic N) is 1. The minimum Gasteiger partial charge on any atom is -0.445 e. The Kier molecular flexibility index (Phi) is 6.28. The average Bonchev–Trinajstić information content (AvgIpc) is 2.64. The van der Waals surface area contributed by atoms with Crippen molar-refractivity contribution in [1.82, 2.24) is 5.32 Å². The standard InChI is InChI=1S/C18H15N3O5/c19-17(22)15-9-14(10-16(11-15)21(24)25)7-4-8-20-18(23)26-12-13-5-2-1-3-6-13/h1-3,5-6,9-11H,8,12H2,(H2,19,22)(H,20,23). The lowest BCUT2D eigenvalue weighted by atomic mass is 10.1. The molecule has 8 nitrogen and oxygen atoms in total. The molecule has 2 aromatic carbocycles. The highest BCUT2D eigenvalue weighted by Gasteiger charge is 2.11. The van der Waals surface area contributed by atoms with Gasteiger partial charge in [0.15, 0.2) is 0 Å². The number of carbonyl (C=O) groups excluding carboxylic acids is 2. The van der Waals surface area contributed by atoms with Crippen LogP contribution in [-0.4, -0.2) is 23.5 Å². The fourth-order valence-electron chi connectivity index (χ4n) is 1.97. The van der Waals surface area contributed by atoms with Gasteiger partial charge >= 0.3 is 6.09 Å². The van der Waals surface area contributed by atoms with E-state index >= 15 is 0 Å². The molecule has 0 aliphatic rings. The molecule has 2 amide bonds. The Morgan fingerprint density at radius 1 is 1.19 bits per heavy atom. The third-order valence-corrected chi connectivity index (χ3v) is 3.18. The van der Waals surface area contributed by atoms with Crippen LogP contribution in [-0.2, 0) is 11.3 Å². The van der Waals surface area contributed by atoms with Crippen LogP contribution in [0.3, 0.4) is 0 Å². The number of carbonyl (C=O) groups is 2. The lowest BCUT2D eigenvalue weighted by molar-refractivity contribution is -0.384. The molecule has 0 atom stereocenters. The van der Waals surface area contributed by atoms with E-state index in [0.29, 0.717) is 0 Å². The lowest BCUT2D eigenvalue weighted by Gasteiger charge is -2.04. The van der Waals surface area contributed by atoms with Gasteiger partial charge in [-0.3, -0.25) is 14.9 Å². The van der Waals surface area contributed by atoms with E-state index in [9.17, 15) is 19.7 Å². The first-order valence-electron chi connectivity index (χ1n) is 7.48. The molecule has 0 radical (unpaired) electrons. The lowest BCUT2D eigenvalue weighted by Crippen LogP contribution is -2.24. The molecule has 0 heterocycles. The second kappa shape index (κ2) is 8.84. The fraction of sp³-hybridized carbons (Fsp3) is 0.111. The SMILES string of the molecule is NC(=O)c1cc(C#CCNC(=O)OCc2ccccc2)cc([N+](=O)[O-])c1. The van der Waals surface area contributed by atoms with Gasteiger partial charge in [-0.15, -0.1) is 0 Å². The molecule has 0 bridgehead atoms. The van der Waals surface area contributed by atoms with E-state index in [0.717, 1.165) is 11.6 Å². The molecule has 0 saturated heterocycles. The highest BCUT2D eigenvalue weighted by Crippen LogP contribution is 2.16. The van der Waals surface area contributed by atoms with Crippen molar-refractivity contribution < 1.29 is 19.2 Å². The summed E-state index contributed by atoms with van der Waals surface area (Å²) in [7, 11) is 0. The van der Waals surface area contributed by atoms with E-state index in [1.807, 2.05) is 30.3 Å². The summed E-state index contributed by atoms with van der Waals surface area (Å²) < 4.78 is 5.01. The molecule has 0 aromatic heterocycles. The molecular weight excluding hydrogens is 338 g/mol. The van der Waals surface area contributed by atoms with E-state index in [4.69, 9.17) is 10.5 Å². The second-order valence-electron chi connectivity index (χ2n) is 5.11. The molecule has 0 aliphatic heterocycles. The van der Waals surface area contributed by atoms with Crippen LogP contribution < -0.4 is 11.1 Å². The van der Waals surface area contributed by atoms with Crippen LogP contribution in [0.2, 0.25) is 0 Å². The van der Waals surface area contributed by atoms with Gasteiger partial charge in [0.05, 0.1) is 11.5 Å². The summed E-state index contributed by atoms with van der Waals surface area (Å²) in [5, 5.41) is 13.3. The zero-order valence-corrected chi connectivity index (χ0v) is 13.6. The Labute approximate surface area is 149 Å². The number of nitro benzene ring substituents is 1. The number of amides is 2. The van der Waals surface area contributed by atoms with Crippen molar-refractivity contribution >= 4 is 17.7 Å². The summed E-state index contributed by atoms with van der Waals surface area (Å²) in [4.78, 5) is 33.0. The molecule has 0 fully saturated rings. The molecule has 8 heteroatoms. The Balaban J connectivity index is 1.92. The third-order valence-electron chi connectivity index (χ3n) is 3.18. The van der Waals surface area contributed by atoms with Crippen molar-refractivity contribution in [3.63, 3.8) is 0 Å². The molecule has 0 aliphatic carbocycles. The predicted octanol–water partition coefficient (Wildman–Crippen LogP) is 1.97. The third kappa shape index (κ3) is 5.65. The van der Waals surface area contributed by atoms with Crippen molar-refractivity contribution in [1.29, 1.82) is 0 Å². The van der Waals surface area contributed by atoms with Crippen molar-refractivity contribution in [2.24, 2.45) is 5.73 Å². The molecule has 0 saturated carbocycles. The van der Waals surface area contributed by atoms with Gasteiger partial charge in [0.2, 0.25) is 5.91 Å². The van der Waals surface area contributed by atoms with Gasteiger partial charge in [0.1, 0.15) is 6.61 Å². The number of rotatable bonds is 5. The molecule has 26 heavy (non-hydrogen) atoms. The number of non-ortho nitro benzene ring substituents is 1. The highest BCUT2D eigenvalue weighted by atomic mass is 16.6. The molecular formula is C18H15N3O5. The number of benzene rings is 2. The van der Waals surface area contributed by atoms with Crippen LogP contribution in [0.1, 0.15) is 21.5 Å². The number of hydrogen-bond donors (Lipinski definition) is 2. The minimum absolute atomic E-state index is 0.0151. The van der Waals surface area contributed by atoms with E-state index in [2.05, 4.69) is 17.2 Å². The number of nitrogens with one attached hydrogen (secondary N) is 1. The topological polar surface area (TPSA) is 125 Å². The van der Waals surface area contributed by atoms with Crippen LogP contribution >= 0.6 is 0 Å². The maximum Gasteiger partial charge on any atom is 0.408 e. The Hall–Kier alpha value is -3.86. The fourth-order valence-corrected chi connectivity index (χ4v) is 1.97. The Morgan fingerprint density at radius 3 is 2.58 bits per heavy atom. The van der Waals surface area contributed by atoms with Gasteiger partial charge in [0.25, 0.3) is 5.69 Å². The Morgan fingerprint density at radius 2 is 1.92 bits per heavy atom. The minimum atomic E-state index is -0.792. The first-order valence-corrected chi connectivity index (χ1v) is 7.48. The Bertz CT molecular complexity index is 852. The van der Waals surface area contributed by atoms with Crippen LogP contribution in [0, 0.1) is 22.0 Å². The first kappa shape index (κ1) is 18.5. The van der Waals surface area contributed by atoms with E-state index in [1.54, 1.807) is 0 Å². The molecule has 132 valence electrons. The van der Waals surface area contributed by atoms with Crippen molar-refractivity contribution in [2.45, 2.75) is 6.61 Å². The smallest absolute Gasteiger partial charge is 0.408 e. The summed E-state index contributed by atoms with van der Waals surface area (Å²) >= 11 is 0. The van der Waals surface area contributed by atoms with Gasteiger partial charge in [-0.1, -0.05) is 42.2 Å². The normalized spacial score (nSPS) is 9.54. The largest absolute Gasteiger partial charge is 0.445 e. The van der Waals surface area contributed by atoms with Crippen molar-refractivity contribution in [3.8, 4) is 11.8 Å². The van der Waals surface area contributed by atoms with Crippen LogP contribution in [0.25, 0.3) is 0 Å². The number of primary amides is 1. The molecule has 0 spiro atoms. The maximum atomic E-state index is 11.6. The van der Waals surface area contributed by atoms with Gasteiger partial charge in [0, 0.05) is 23.3 Å². The number of nitrogens with two attached hydrogens (primary N) is 1. The van der Waals surface area contributed by atoms with Crippen molar-refractivity contribution in [2.75, 3.05) is 6.54 Å². The van der Waals surface area contributed by atoms with Gasteiger partial charge in [-0.25, -0.2) is 4.79 Å². The second-order valence-corrected chi connectivity index (χ2v) is 5.11. The molecule has 3 N–H and O–H groups in total. The summed E-state index contributed by atoms with van der Waals surface area (Å²) in [6.07, 6.45) is -0.639. The summed E-state index contributed by atoms with van der Waals surface area (Å²) in [6, 6.07) is 12.8. The number of nitro groups is 1. The van der Waals surface area contributed by atoms with Crippen LogP contribution in [0.5, 0.6) is 0 Å². The van der Waals surface area contributed by atoms with E-state index < -0.39 is 16.9 Å². The number of hydrogen-bond acceptors (Lipinski definition) is 5.